The van der Waals surface area contributed by atoms with Crippen molar-refractivity contribution >= 4 is 23.3 Å². The second-order valence-corrected chi connectivity index (χ2v) is 6.41. The van der Waals surface area contributed by atoms with Gasteiger partial charge in [-0.1, -0.05) is 13.0 Å². The molecule has 106 valence electrons. The smallest absolute Gasteiger partial charge is 0.351 e. The Balaban J connectivity index is 1.92. The summed E-state index contributed by atoms with van der Waals surface area (Å²) in [6, 6.07) is 3.51. The van der Waals surface area contributed by atoms with E-state index in [2.05, 4.69) is 6.92 Å². The Bertz CT molecular complexity index is 587. The molecule has 1 saturated carbocycles. The van der Waals surface area contributed by atoms with Crippen LogP contribution in [0.15, 0.2) is 28.7 Å². The maximum atomic E-state index is 12.2. The van der Waals surface area contributed by atoms with E-state index in [0.717, 1.165) is 18.4 Å². The minimum absolute atomic E-state index is 0.355. The van der Waals surface area contributed by atoms with Gasteiger partial charge < -0.3 is 9.47 Å². The molecule has 5 heteroatoms. The fourth-order valence-electron chi connectivity index (χ4n) is 2.91. The summed E-state index contributed by atoms with van der Waals surface area (Å²) in [4.78, 5) is 24.6. The number of thiophene rings is 1. The first kappa shape index (κ1) is 13.4. The molecule has 2 aliphatic rings. The van der Waals surface area contributed by atoms with Crippen molar-refractivity contribution in [2.24, 2.45) is 5.92 Å². The molecule has 1 aromatic heterocycles. The predicted molar refractivity (Wildman–Crippen MR) is 74.3 cm³/mol. The van der Waals surface area contributed by atoms with Gasteiger partial charge in [0.1, 0.15) is 4.88 Å². The summed E-state index contributed by atoms with van der Waals surface area (Å²) in [6.07, 6.45) is 2.28. The zero-order valence-corrected chi connectivity index (χ0v) is 12.3. The largest absolute Gasteiger partial charge is 0.415 e. The lowest BCUT2D eigenvalue weighted by Crippen LogP contribution is -2.42. The van der Waals surface area contributed by atoms with Crippen molar-refractivity contribution in [3.05, 3.63) is 33.5 Å². The van der Waals surface area contributed by atoms with Crippen molar-refractivity contribution in [2.45, 2.75) is 38.9 Å². The van der Waals surface area contributed by atoms with Crippen LogP contribution in [0.2, 0.25) is 0 Å². The number of carbonyl (C=O) groups excluding carboxylic acids is 2. The van der Waals surface area contributed by atoms with Gasteiger partial charge in [0.2, 0.25) is 0 Å². The summed E-state index contributed by atoms with van der Waals surface area (Å²) in [7, 11) is 0. The molecular weight excluding hydrogens is 276 g/mol. The lowest BCUT2D eigenvalue weighted by atomic mass is 9.81. The SMILES string of the molecule is CC1=C2CC[C@@H](C)C[C@@]2(OC(=O)c2cccs2)OC1=O. The third kappa shape index (κ3) is 2.06. The molecule has 0 spiro atoms. The molecule has 2 atom stereocenters. The number of esters is 2. The number of rotatable bonds is 2. The van der Waals surface area contributed by atoms with Gasteiger partial charge in [-0.05, 0) is 37.1 Å². The molecule has 0 N–H and O–H groups in total. The van der Waals surface area contributed by atoms with Gasteiger partial charge >= 0.3 is 11.9 Å². The molecule has 1 aliphatic carbocycles. The Morgan fingerprint density at radius 1 is 1.55 bits per heavy atom. The van der Waals surface area contributed by atoms with Crippen LogP contribution in [-0.4, -0.2) is 17.7 Å². The molecule has 0 unspecified atom stereocenters. The molecule has 0 bridgehead atoms. The fourth-order valence-corrected chi connectivity index (χ4v) is 3.51. The number of hydrogen-bond acceptors (Lipinski definition) is 5. The van der Waals surface area contributed by atoms with Crippen LogP contribution >= 0.6 is 11.3 Å². The molecule has 20 heavy (non-hydrogen) atoms. The van der Waals surface area contributed by atoms with Crippen molar-refractivity contribution < 1.29 is 19.1 Å². The van der Waals surface area contributed by atoms with Crippen LogP contribution in [0.3, 0.4) is 0 Å². The molecular formula is C15H16O4S. The van der Waals surface area contributed by atoms with E-state index >= 15 is 0 Å². The Kier molecular flexibility index (Phi) is 3.17. The van der Waals surface area contributed by atoms with E-state index < -0.39 is 11.8 Å². The normalized spacial score (nSPS) is 29.1. The Morgan fingerprint density at radius 3 is 3.05 bits per heavy atom. The van der Waals surface area contributed by atoms with Gasteiger partial charge in [-0.25, -0.2) is 9.59 Å². The van der Waals surface area contributed by atoms with Crippen molar-refractivity contribution in [1.82, 2.24) is 0 Å². The highest BCUT2D eigenvalue weighted by Crippen LogP contribution is 2.46. The molecule has 1 aliphatic heterocycles. The third-order valence-electron chi connectivity index (χ3n) is 3.96. The van der Waals surface area contributed by atoms with E-state index in [9.17, 15) is 9.59 Å². The third-order valence-corrected chi connectivity index (χ3v) is 4.81. The highest BCUT2D eigenvalue weighted by atomic mass is 32.1. The van der Waals surface area contributed by atoms with Crippen LogP contribution in [0.1, 0.15) is 42.8 Å². The summed E-state index contributed by atoms with van der Waals surface area (Å²) in [5.41, 5.74) is 1.43. The molecule has 2 heterocycles. The predicted octanol–water partition coefficient (Wildman–Crippen LogP) is 3.29. The second kappa shape index (κ2) is 4.74. The van der Waals surface area contributed by atoms with Crippen LogP contribution < -0.4 is 0 Å². The summed E-state index contributed by atoms with van der Waals surface area (Å²) < 4.78 is 11.1. The molecule has 0 aromatic carbocycles. The molecule has 1 fully saturated rings. The Labute approximate surface area is 121 Å². The van der Waals surface area contributed by atoms with Crippen LogP contribution in [0.25, 0.3) is 0 Å². The zero-order valence-electron chi connectivity index (χ0n) is 11.5. The van der Waals surface area contributed by atoms with E-state index in [-0.39, 0.29) is 5.97 Å². The molecule has 3 rings (SSSR count). The van der Waals surface area contributed by atoms with Crippen molar-refractivity contribution in [2.75, 3.05) is 0 Å². The molecule has 4 nitrogen and oxygen atoms in total. The Hall–Kier alpha value is -1.62. The van der Waals surface area contributed by atoms with Gasteiger partial charge in [-0.3, -0.25) is 0 Å². The minimum atomic E-state index is -1.17. The van der Waals surface area contributed by atoms with E-state index in [1.165, 1.54) is 11.3 Å². The number of hydrogen-bond donors (Lipinski definition) is 0. The van der Waals surface area contributed by atoms with Crippen LogP contribution in [0.4, 0.5) is 0 Å². The number of fused-ring (bicyclic) bond motifs is 1. The van der Waals surface area contributed by atoms with Crippen molar-refractivity contribution in [3.8, 4) is 0 Å². The van der Waals surface area contributed by atoms with Gasteiger partial charge in [0, 0.05) is 17.6 Å². The molecule has 0 radical (unpaired) electrons. The lowest BCUT2D eigenvalue weighted by molar-refractivity contribution is -0.191. The van der Waals surface area contributed by atoms with Gasteiger partial charge in [-0.2, -0.15) is 0 Å². The average Bonchev–Trinajstić information content (AvgIpc) is 2.98. The van der Waals surface area contributed by atoms with Gasteiger partial charge in [0.25, 0.3) is 5.79 Å². The lowest BCUT2D eigenvalue weighted by Gasteiger charge is -2.36. The molecule has 0 amide bonds. The monoisotopic (exact) mass is 292 g/mol. The van der Waals surface area contributed by atoms with Crippen LogP contribution in [0, 0.1) is 5.92 Å². The van der Waals surface area contributed by atoms with Crippen molar-refractivity contribution in [3.63, 3.8) is 0 Å². The standard InChI is InChI=1S/C15H16O4S/c1-9-5-6-11-10(2)13(16)18-15(11,8-9)19-14(17)12-4-3-7-20-12/h3-4,7,9H,5-6,8H2,1-2H3/t9-,15+/m1/s1. The highest BCUT2D eigenvalue weighted by molar-refractivity contribution is 7.11. The highest BCUT2D eigenvalue weighted by Gasteiger charge is 2.52. The van der Waals surface area contributed by atoms with Crippen LogP contribution in [-0.2, 0) is 14.3 Å². The number of carbonyl (C=O) groups is 2. The average molecular weight is 292 g/mol. The molecule has 1 aromatic rings. The van der Waals surface area contributed by atoms with E-state index in [0.29, 0.717) is 22.8 Å². The first-order chi connectivity index (χ1) is 9.52. The maximum absolute atomic E-state index is 12.2. The van der Waals surface area contributed by atoms with Crippen LogP contribution in [0.5, 0.6) is 0 Å². The second-order valence-electron chi connectivity index (χ2n) is 5.46. The minimum Gasteiger partial charge on any atom is -0.415 e. The quantitative estimate of drug-likeness (QED) is 0.785. The fraction of sp³-hybridized carbons (Fsp3) is 0.467. The summed E-state index contributed by atoms with van der Waals surface area (Å²) in [5, 5.41) is 1.82. The van der Waals surface area contributed by atoms with Gasteiger partial charge in [0.05, 0.1) is 0 Å². The van der Waals surface area contributed by atoms with E-state index in [4.69, 9.17) is 9.47 Å². The maximum Gasteiger partial charge on any atom is 0.351 e. The van der Waals surface area contributed by atoms with E-state index in [1.807, 2.05) is 5.38 Å². The van der Waals surface area contributed by atoms with Crippen molar-refractivity contribution in [1.29, 1.82) is 0 Å². The van der Waals surface area contributed by atoms with E-state index in [1.54, 1.807) is 19.1 Å². The summed E-state index contributed by atoms with van der Waals surface area (Å²) in [6.45, 7) is 3.83. The van der Waals surface area contributed by atoms with Gasteiger partial charge in [-0.15, -0.1) is 11.3 Å². The summed E-state index contributed by atoms with van der Waals surface area (Å²) >= 11 is 1.32. The van der Waals surface area contributed by atoms with Gasteiger partial charge in [0.15, 0.2) is 0 Å². The first-order valence-electron chi connectivity index (χ1n) is 6.72. The number of ether oxygens (including phenoxy) is 2. The Morgan fingerprint density at radius 2 is 2.35 bits per heavy atom. The topological polar surface area (TPSA) is 52.6 Å². The summed E-state index contributed by atoms with van der Waals surface area (Å²) in [5.74, 6) is -1.60. The first-order valence-corrected chi connectivity index (χ1v) is 7.60. The molecule has 0 saturated heterocycles. The zero-order chi connectivity index (χ0) is 14.3.